The Hall–Kier alpha value is -2.79. The molecule has 2 aromatic carbocycles. The number of amides is 1. The molecule has 1 amide bonds. The molecule has 0 N–H and O–H groups in total. The van der Waals surface area contributed by atoms with Crippen LogP contribution in [0.25, 0.3) is 0 Å². The van der Waals surface area contributed by atoms with Gasteiger partial charge in [0.25, 0.3) is 0 Å². The Morgan fingerprint density at radius 3 is 2.63 bits per heavy atom. The van der Waals surface area contributed by atoms with E-state index in [-0.39, 0.29) is 49.4 Å². The average molecular weight is 553 g/mol. The van der Waals surface area contributed by atoms with Crippen LogP contribution in [0.4, 0.5) is 13.2 Å². The number of methoxy groups -OCH3 is 1. The van der Waals surface area contributed by atoms with Crippen molar-refractivity contribution in [3.63, 3.8) is 0 Å². The summed E-state index contributed by atoms with van der Waals surface area (Å²) in [6.45, 7) is 0.850. The summed E-state index contributed by atoms with van der Waals surface area (Å²) in [5.74, 6) is -3.35. The van der Waals surface area contributed by atoms with Crippen LogP contribution in [0, 0.1) is 5.82 Å². The van der Waals surface area contributed by atoms with Crippen molar-refractivity contribution in [2.75, 3.05) is 20.3 Å². The van der Waals surface area contributed by atoms with Gasteiger partial charge in [-0.2, -0.15) is 4.31 Å². The van der Waals surface area contributed by atoms with Crippen molar-refractivity contribution < 1.29 is 35.9 Å². The number of hydrogen-bond donors (Lipinski definition) is 0. The molecule has 5 rings (SSSR count). The first kappa shape index (κ1) is 26.8. The lowest BCUT2D eigenvalue weighted by Crippen LogP contribution is -2.52. The maximum atomic E-state index is 14.3. The number of benzene rings is 2. The fourth-order valence-electron chi connectivity index (χ4n) is 5.64. The van der Waals surface area contributed by atoms with Crippen LogP contribution in [0.5, 0.6) is 11.5 Å². The molecule has 38 heavy (non-hydrogen) atoms. The molecular weight excluding hydrogens is 521 g/mol. The summed E-state index contributed by atoms with van der Waals surface area (Å²) in [6, 6.07) is 7.64. The molecule has 1 saturated heterocycles. The first-order chi connectivity index (χ1) is 18.1. The van der Waals surface area contributed by atoms with Gasteiger partial charge in [0.2, 0.25) is 21.9 Å². The van der Waals surface area contributed by atoms with E-state index in [1.807, 2.05) is 18.2 Å². The molecule has 0 radical (unpaired) electrons. The highest BCUT2D eigenvalue weighted by Gasteiger charge is 2.44. The zero-order valence-electron chi connectivity index (χ0n) is 21.2. The third kappa shape index (κ3) is 5.22. The monoisotopic (exact) mass is 552 g/mol. The molecule has 1 atom stereocenters. The van der Waals surface area contributed by atoms with Gasteiger partial charge in [-0.25, -0.2) is 21.6 Å². The predicted octanol–water partition coefficient (Wildman–Crippen LogP) is 4.53. The number of hydrogen-bond acceptors (Lipinski definition) is 5. The zero-order chi connectivity index (χ0) is 27.1. The normalized spacial score (nSPS) is 21.6. The minimum atomic E-state index is -4.19. The van der Waals surface area contributed by atoms with Crippen LogP contribution < -0.4 is 9.47 Å². The van der Waals surface area contributed by atoms with Crippen LogP contribution in [-0.2, 0) is 27.8 Å². The van der Waals surface area contributed by atoms with Crippen molar-refractivity contribution in [3.8, 4) is 11.5 Å². The Morgan fingerprint density at radius 2 is 1.92 bits per heavy atom. The number of alkyl halides is 2. The van der Waals surface area contributed by atoms with E-state index in [0.29, 0.717) is 19.4 Å². The van der Waals surface area contributed by atoms with Crippen LogP contribution in [0.15, 0.2) is 41.3 Å². The van der Waals surface area contributed by atoms with E-state index in [2.05, 4.69) is 0 Å². The number of sulfonamides is 1. The molecular formula is C27H31F3N2O5S. The average Bonchev–Trinajstić information content (AvgIpc) is 3.57. The second kappa shape index (κ2) is 10.4. The highest BCUT2D eigenvalue weighted by atomic mass is 32.2. The van der Waals surface area contributed by atoms with Gasteiger partial charge < -0.3 is 14.4 Å². The van der Waals surface area contributed by atoms with Gasteiger partial charge in [-0.15, -0.1) is 0 Å². The van der Waals surface area contributed by atoms with E-state index in [9.17, 15) is 26.4 Å². The van der Waals surface area contributed by atoms with E-state index in [4.69, 9.17) is 9.47 Å². The van der Waals surface area contributed by atoms with Gasteiger partial charge >= 0.3 is 0 Å². The Labute approximate surface area is 220 Å². The number of fused-ring (bicyclic) bond motifs is 1. The number of rotatable bonds is 7. The fraction of sp³-hybridized carbons (Fsp3) is 0.519. The number of ether oxygens (including phenoxy) is 2. The molecule has 2 fully saturated rings. The molecule has 206 valence electrons. The highest BCUT2D eigenvalue weighted by molar-refractivity contribution is 7.89. The van der Waals surface area contributed by atoms with Crippen LogP contribution >= 0.6 is 0 Å². The largest absolute Gasteiger partial charge is 0.494 e. The van der Waals surface area contributed by atoms with Crippen molar-refractivity contribution in [1.29, 1.82) is 0 Å². The number of nitrogens with zero attached hydrogens (tertiary/aromatic N) is 2. The fourth-order valence-corrected chi connectivity index (χ4v) is 7.30. The Bertz CT molecular complexity index is 1310. The minimum Gasteiger partial charge on any atom is -0.494 e. The molecule has 1 aliphatic carbocycles. The third-order valence-corrected chi connectivity index (χ3v) is 9.65. The summed E-state index contributed by atoms with van der Waals surface area (Å²) in [5, 5.41) is 0. The standard InChI is InChI=1S/C27H31F3N2O5S/c1-36-24-7-6-21(16-22(24)28)38(34,35)32-13-2-3-23(32)26(33)31(20-8-11-27(29,30)12-9-20)17-18-4-5-19-10-14-37-25(19)15-18/h4-7,15-16,20,23H,2-3,8-14,17H2,1H3/t23-/m0/s1. The molecule has 1 saturated carbocycles. The molecule has 11 heteroatoms. The van der Waals surface area contributed by atoms with Crippen molar-refractivity contribution in [2.24, 2.45) is 0 Å². The second-order valence-corrected chi connectivity index (χ2v) is 12.1. The van der Waals surface area contributed by atoms with Crippen molar-refractivity contribution in [1.82, 2.24) is 9.21 Å². The molecule has 7 nitrogen and oxygen atoms in total. The Balaban J connectivity index is 1.43. The van der Waals surface area contributed by atoms with Crippen molar-refractivity contribution in [2.45, 2.75) is 74.4 Å². The van der Waals surface area contributed by atoms with Crippen LogP contribution in [0.3, 0.4) is 0 Å². The molecule has 2 aromatic rings. The summed E-state index contributed by atoms with van der Waals surface area (Å²) in [5.41, 5.74) is 1.87. The topological polar surface area (TPSA) is 76.2 Å². The smallest absolute Gasteiger partial charge is 0.248 e. The predicted molar refractivity (Wildman–Crippen MR) is 133 cm³/mol. The lowest BCUT2D eigenvalue weighted by Gasteiger charge is -2.39. The van der Waals surface area contributed by atoms with Crippen molar-refractivity contribution in [3.05, 3.63) is 53.3 Å². The van der Waals surface area contributed by atoms with E-state index >= 15 is 0 Å². The van der Waals surface area contributed by atoms with Gasteiger partial charge in [0.15, 0.2) is 11.6 Å². The van der Waals surface area contributed by atoms with Gasteiger partial charge in [-0.05, 0) is 61.1 Å². The molecule has 0 unspecified atom stereocenters. The van der Waals surface area contributed by atoms with Gasteiger partial charge in [0.05, 0.1) is 18.6 Å². The lowest BCUT2D eigenvalue weighted by molar-refractivity contribution is -0.141. The maximum absolute atomic E-state index is 14.3. The lowest BCUT2D eigenvalue weighted by atomic mass is 9.90. The molecule has 2 heterocycles. The summed E-state index contributed by atoms with van der Waals surface area (Å²) >= 11 is 0. The first-order valence-corrected chi connectivity index (χ1v) is 14.3. The van der Waals surface area contributed by atoms with Gasteiger partial charge in [-0.3, -0.25) is 4.79 Å². The third-order valence-electron chi connectivity index (χ3n) is 7.74. The first-order valence-electron chi connectivity index (χ1n) is 12.9. The molecule has 3 aliphatic rings. The van der Waals surface area contributed by atoms with Gasteiger partial charge in [-0.1, -0.05) is 12.1 Å². The van der Waals surface area contributed by atoms with E-state index in [0.717, 1.165) is 33.7 Å². The van der Waals surface area contributed by atoms with E-state index < -0.39 is 39.8 Å². The SMILES string of the molecule is COc1ccc(S(=O)(=O)N2CCC[C@H]2C(=O)N(Cc2ccc3c(c2)OCC3)C2CCC(F)(F)CC2)cc1F. The summed E-state index contributed by atoms with van der Waals surface area (Å²) in [7, 11) is -2.91. The number of halogens is 3. The van der Waals surface area contributed by atoms with Crippen molar-refractivity contribution >= 4 is 15.9 Å². The van der Waals surface area contributed by atoms with E-state index in [1.54, 1.807) is 4.90 Å². The number of carbonyl (C=O) groups is 1. The van der Waals surface area contributed by atoms with Crippen LogP contribution in [0.2, 0.25) is 0 Å². The molecule has 0 bridgehead atoms. The van der Waals surface area contributed by atoms with Crippen LogP contribution in [-0.4, -0.2) is 61.8 Å². The summed E-state index contributed by atoms with van der Waals surface area (Å²) < 4.78 is 80.9. The zero-order valence-corrected chi connectivity index (χ0v) is 22.0. The molecule has 2 aliphatic heterocycles. The Kier molecular flexibility index (Phi) is 7.34. The second-order valence-electron chi connectivity index (χ2n) is 10.2. The van der Waals surface area contributed by atoms with Gasteiger partial charge in [0.1, 0.15) is 11.8 Å². The molecule has 0 spiro atoms. The van der Waals surface area contributed by atoms with Crippen LogP contribution in [0.1, 0.15) is 49.7 Å². The van der Waals surface area contributed by atoms with Gasteiger partial charge in [0, 0.05) is 38.4 Å². The summed E-state index contributed by atoms with van der Waals surface area (Å²) in [6.07, 6.45) is 1.16. The summed E-state index contributed by atoms with van der Waals surface area (Å²) in [4.78, 5) is 15.3. The van der Waals surface area contributed by atoms with E-state index in [1.165, 1.54) is 19.2 Å². The Morgan fingerprint density at radius 1 is 1.16 bits per heavy atom. The molecule has 0 aromatic heterocycles. The maximum Gasteiger partial charge on any atom is 0.248 e. The minimum absolute atomic E-state index is 0.0865. The quantitative estimate of drug-likeness (QED) is 0.505. The highest BCUT2D eigenvalue weighted by Crippen LogP contribution is 2.38. The number of carbonyl (C=O) groups excluding carboxylic acids is 1.